The van der Waals surface area contributed by atoms with Gasteiger partial charge in [-0.05, 0) is 32.9 Å². The third-order valence-corrected chi connectivity index (χ3v) is 3.55. The monoisotopic (exact) mass is 372 g/mol. The summed E-state index contributed by atoms with van der Waals surface area (Å²) in [5.41, 5.74) is 1.46. The molecule has 2 rings (SSSR count). The molecule has 1 heterocycles. The fraction of sp³-hybridized carbons (Fsp3) is 0.368. The van der Waals surface area contributed by atoms with Crippen molar-refractivity contribution in [2.75, 3.05) is 32.1 Å². The van der Waals surface area contributed by atoms with Crippen molar-refractivity contribution in [3.05, 3.63) is 42.0 Å². The molecule has 1 N–H and O–H groups in total. The van der Waals surface area contributed by atoms with Crippen LogP contribution < -0.4 is 14.8 Å². The summed E-state index contributed by atoms with van der Waals surface area (Å²) in [7, 11) is 1.53. The molecule has 2 amide bonds. The fourth-order valence-electron chi connectivity index (χ4n) is 2.32. The predicted molar refractivity (Wildman–Crippen MR) is 101 cm³/mol. The van der Waals surface area contributed by atoms with Gasteiger partial charge < -0.3 is 19.7 Å². The minimum absolute atomic E-state index is 0.119. The number of carbonyl (C=O) groups excluding carboxylic acids is 2. The van der Waals surface area contributed by atoms with Crippen LogP contribution in [0, 0.1) is 6.92 Å². The largest absolute Gasteiger partial charge is 0.490 e. The molecule has 0 spiro atoms. The Morgan fingerprint density at radius 3 is 2.41 bits per heavy atom. The summed E-state index contributed by atoms with van der Waals surface area (Å²) < 4.78 is 11.0. The number of anilines is 1. The molecule has 0 aliphatic rings. The molecule has 0 fully saturated rings. The highest BCUT2D eigenvalue weighted by Gasteiger charge is 2.17. The summed E-state index contributed by atoms with van der Waals surface area (Å²) in [4.78, 5) is 33.9. The van der Waals surface area contributed by atoms with Gasteiger partial charge in [0.25, 0.3) is 5.91 Å². The first kappa shape index (κ1) is 20.2. The van der Waals surface area contributed by atoms with Crippen molar-refractivity contribution in [3.63, 3.8) is 0 Å². The zero-order valence-electron chi connectivity index (χ0n) is 16.0. The summed E-state index contributed by atoms with van der Waals surface area (Å²) in [6, 6.07) is 5.15. The zero-order chi connectivity index (χ0) is 19.8. The molecule has 0 atom stereocenters. The number of rotatable bonds is 8. The van der Waals surface area contributed by atoms with Gasteiger partial charge in [0, 0.05) is 25.0 Å². The van der Waals surface area contributed by atoms with Gasteiger partial charge in [-0.15, -0.1) is 0 Å². The molecule has 0 radical (unpaired) electrons. The maximum Gasteiger partial charge on any atom is 0.274 e. The number of benzene rings is 1. The second-order valence-electron chi connectivity index (χ2n) is 5.78. The maximum absolute atomic E-state index is 12.3. The summed E-state index contributed by atoms with van der Waals surface area (Å²) in [5.74, 6) is 0.455. The van der Waals surface area contributed by atoms with E-state index in [1.165, 1.54) is 24.3 Å². The minimum atomic E-state index is -0.376. The lowest BCUT2D eigenvalue weighted by Crippen LogP contribution is -2.35. The van der Waals surface area contributed by atoms with E-state index in [-0.39, 0.29) is 24.1 Å². The summed E-state index contributed by atoms with van der Waals surface area (Å²) in [6.07, 6.45) is 2.91. The van der Waals surface area contributed by atoms with Crippen LogP contribution in [0.15, 0.2) is 30.6 Å². The third kappa shape index (κ3) is 5.67. The molecule has 27 heavy (non-hydrogen) atoms. The van der Waals surface area contributed by atoms with Gasteiger partial charge in [0.15, 0.2) is 11.5 Å². The van der Waals surface area contributed by atoms with Crippen LogP contribution in [0.1, 0.15) is 30.0 Å². The van der Waals surface area contributed by atoms with Gasteiger partial charge in [0.1, 0.15) is 5.69 Å². The first-order valence-corrected chi connectivity index (χ1v) is 8.68. The van der Waals surface area contributed by atoms with Crippen molar-refractivity contribution in [1.29, 1.82) is 0 Å². The van der Waals surface area contributed by atoms with Gasteiger partial charge in [0.05, 0.1) is 31.6 Å². The Kier molecular flexibility index (Phi) is 7.10. The molecule has 0 unspecified atom stereocenters. The first-order valence-electron chi connectivity index (χ1n) is 8.68. The normalized spacial score (nSPS) is 10.2. The molecule has 0 saturated heterocycles. The molecule has 0 aliphatic carbocycles. The molecule has 0 aliphatic heterocycles. The average Bonchev–Trinajstić information content (AvgIpc) is 2.64. The second kappa shape index (κ2) is 9.51. The molecule has 0 saturated carbocycles. The van der Waals surface area contributed by atoms with Crippen molar-refractivity contribution >= 4 is 17.5 Å². The molecular weight excluding hydrogens is 348 g/mol. The van der Waals surface area contributed by atoms with E-state index in [4.69, 9.17) is 9.47 Å². The minimum Gasteiger partial charge on any atom is -0.490 e. The van der Waals surface area contributed by atoms with Crippen LogP contribution in [0.5, 0.6) is 11.5 Å². The number of hydrogen-bond acceptors (Lipinski definition) is 6. The van der Waals surface area contributed by atoms with Crippen LogP contribution >= 0.6 is 0 Å². The van der Waals surface area contributed by atoms with E-state index in [0.717, 1.165) is 0 Å². The van der Waals surface area contributed by atoms with E-state index in [0.29, 0.717) is 36.1 Å². The van der Waals surface area contributed by atoms with Gasteiger partial charge in [-0.25, -0.2) is 4.98 Å². The molecule has 144 valence electrons. The van der Waals surface area contributed by atoms with E-state index >= 15 is 0 Å². The maximum atomic E-state index is 12.3. The molecule has 8 heteroatoms. The quantitative estimate of drug-likeness (QED) is 0.764. The fourth-order valence-corrected chi connectivity index (χ4v) is 2.32. The number of amides is 2. The van der Waals surface area contributed by atoms with Crippen LogP contribution in [0.25, 0.3) is 0 Å². The standard InChI is InChI=1S/C19H24N4O4/c1-5-26-16-8-7-14(9-17(16)27-6-2)22-18(24)12-23(4)19(25)15-11-20-13(3)10-21-15/h7-11H,5-6,12H2,1-4H3,(H,22,24). The van der Waals surface area contributed by atoms with Gasteiger partial charge >= 0.3 is 0 Å². The van der Waals surface area contributed by atoms with Gasteiger partial charge in [-0.2, -0.15) is 0 Å². The molecule has 2 aromatic rings. The Hall–Kier alpha value is -3.16. The van der Waals surface area contributed by atoms with Crippen molar-refractivity contribution in [2.45, 2.75) is 20.8 Å². The van der Waals surface area contributed by atoms with E-state index in [2.05, 4.69) is 15.3 Å². The Morgan fingerprint density at radius 2 is 1.78 bits per heavy atom. The smallest absolute Gasteiger partial charge is 0.274 e. The Labute approximate surface area is 158 Å². The Balaban J connectivity index is 2.00. The van der Waals surface area contributed by atoms with Crippen molar-refractivity contribution < 1.29 is 19.1 Å². The van der Waals surface area contributed by atoms with Gasteiger partial charge in [0.2, 0.25) is 5.91 Å². The van der Waals surface area contributed by atoms with Crippen LogP contribution in [0.4, 0.5) is 5.69 Å². The molecule has 8 nitrogen and oxygen atoms in total. The molecule has 1 aromatic heterocycles. The van der Waals surface area contributed by atoms with Crippen LogP contribution in [0.2, 0.25) is 0 Å². The number of ether oxygens (including phenoxy) is 2. The number of hydrogen-bond donors (Lipinski definition) is 1. The highest BCUT2D eigenvalue weighted by molar-refractivity contribution is 5.98. The van der Waals surface area contributed by atoms with Crippen molar-refractivity contribution in [1.82, 2.24) is 14.9 Å². The summed E-state index contributed by atoms with van der Waals surface area (Å²) in [5, 5.41) is 2.75. The summed E-state index contributed by atoms with van der Waals surface area (Å²) in [6.45, 7) is 6.41. The van der Waals surface area contributed by atoms with Crippen LogP contribution in [0.3, 0.4) is 0 Å². The second-order valence-corrected chi connectivity index (χ2v) is 5.78. The lowest BCUT2D eigenvalue weighted by atomic mass is 10.2. The van der Waals surface area contributed by atoms with E-state index in [1.807, 2.05) is 13.8 Å². The van der Waals surface area contributed by atoms with E-state index in [9.17, 15) is 9.59 Å². The van der Waals surface area contributed by atoms with E-state index < -0.39 is 0 Å². The lowest BCUT2D eigenvalue weighted by molar-refractivity contribution is -0.116. The number of likely N-dealkylation sites (N-methyl/N-ethyl adjacent to an activating group) is 1. The summed E-state index contributed by atoms with van der Waals surface area (Å²) >= 11 is 0. The molecule has 1 aromatic carbocycles. The highest BCUT2D eigenvalue weighted by atomic mass is 16.5. The number of aromatic nitrogens is 2. The third-order valence-electron chi connectivity index (χ3n) is 3.55. The zero-order valence-corrected chi connectivity index (χ0v) is 16.0. The molecular formula is C19H24N4O4. The Bertz CT molecular complexity index is 793. The number of aryl methyl sites for hydroxylation is 1. The SMILES string of the molecule is CCOc1ccc(NC(=O)CN(C)C(=O)c2cnc(C)cn2)cc1OCC. The predicted octanol–water partition coefficient (Wildman–Crippen LogP) is 2.29. The average molecular weight is 372 g/mol. The van der Waals surface area contributed by atoms with Crippen LogP contribution in [-0.4, -0.2) is 53.5 Å². The number of carbonyl (C=O) groups is 2. The lowest BCUT2D eigenvalue weighted by Gasteiger charge is -2.17. The number of nitrogens with zero attached hydrogens (tertiary/aromatic N) is 3. The van der Waals surface area contributed by atoms with Crippen molar-refractivity contribution in [3.8, 4) is 11.5 Å². The van der Waals surface area contributed by atoms with Crippen LogP contribution in [-0.2, 0) is 4.79 Å². The van der Waals surface area contributed by atoms with E-state index in [1.54, 1.807) is 25.1 Å². The first-order chi connectivity index (χ1) is 12.9. The topological polar surface area (TPSA) is 93.7 Å². The highest BCUT2D eigenvalue weighted by Crippen LogP contribution is 2.30. The Morgan fingerprint density at radius 1 is 1.07 bits per heavy atom. The van der Waals surface area contributed by atoms with Gasteiger partial charge in [-0.3, -0.25) is 14.6 Å². The molecule has 0 bridgehead atoms. The van der Waals surface area contributed by atoms with Crippen molar-refractivity contribution in [2.24, 2.45) is 0 Å². The number of nitrogens with one attached hydrogen (secondary N) is 1. The van der Waals surface area contributed by atoms with Gasteiger partial charge in [-0.1, -0.05) is 0 Å².